The van der Waals surface area contributed by atoms with Crippen LogP contribution in [0.3, 0.4) is 0 Å². The number of benzene rings is 3. The Hall–Kier alpha value is -7.09. The third kappa shape index (κ3) is 12.8. The van der Waals surface area contributed by atoms with E-state index in [0.717, 1.165) is 16.7 Å². The third-order valence-corrected chi connectivity index (χ3v) is 11.1. The van der Waals surface area contributed by atoms with Crippen LogP contribution in [0.5, 0.6) is 5.75 Å². The van der Waals surface area contributed by atoms with Gasteiger partial charge in [0.1, 0.15) is 29.3 Å². The minimum atomic E-state index is -3.71. The molecule has 0 radical (unpaired) electrons. The SMILES string of the molecule is COc1cc(S(C)(=O)=O)ccc1N(C(=O)OCOC(=O)[C@@H](NC(=O)[C@@H](NC(=O)OC(C)(C)C)C(C)C)C(C)C)c1nc2ccc(-c3ccc(NC(=O)[C@H](C)c4ccc(F)cc4)cc3)cn2n1. The molecule has 5 rings (SSSR count). The molecule has 0 aliphatic carbocycles. The molecule has 0 aliphatic rings. The number of carbonyl (C=O) groups is 5. The number of pyridine rings is 1. The van der Waals surface area contributed by atoms with Crippen molar-refractivity contribution < 1.29 is 55.7 Å². The zero-order chi connectivity index (χ0) is 48.7. The van der Waals surface area contributed by atoms with Gasteiger partial charge in [-0.3, -0.25) is 9.59 Å². The molecule has 2 heterocycles. The van der Waals surface area contributed by atoms with Crippen LogP contribution in [0.4, 0.5) is 31.3 Å². The number of nitrogens with one attached hydrogen (secondary N) is 3. The van der Waals surface area contributed by atoms with Crippen LogP contribution in [-0.2, 0) is 38.4 Å². The highest BCUT2D eigenvalue weighted by Gasteiger charge is 2.34. The first-order valence-electron chi connectivity index (χ1n) is 20.8. The lowest BCUT2D eigenvalue weighted by Gasteiger charge is -2.27. The molecule has 0 unspecified atom stereocenters. The Kier molecular flexibility index (Phi) is 15.7. The van der Waals surface area contributed by atoms with Gasteiger partial charge in [0, 0.05) is 29.8 Å². The number of alkyl carbamates (subject to hydrolysis) is 1. The summed E-state index contributed by atoms with van der Waals surface area (Å²) < 4.78 is 61.2. The van der Waals surface area contributed by atoms with E-state index in [-0.39, 0.29) is 28.2 Å². The summed E-state index contributed by atoms with van der Waals surface area (Å²) in [6, 6.07) is 17.7. The van der Waals surface area contributed by atoms with Gasteiger partial charge in [0.05, 0.1) is 23.6 Å². The number of amides is 4. The van der Waals surface area contributed by atoms with E-state index in [9.17, 15) is 36.8 Å². The maximum Gasteiger partial charge on any atom is 0.424 e. The molecule has 0 aliphatic heterocycles. The largest absolute Gasteiger partial charge is 0.495 e. The van der Waals surface area contributed by atoms with Crippen molar-refractivity contribution in [3.8, 4) is 16.9 Å². The Morgan fingerprint density at radius 2 is 1.44 bits per heavy atom. The maximum atomic E-state index is 14.0. The van der Waals surface area contributed by atoms with Crippen LogP contribution in [0.2, 0.25) is 0 Å². The van der Waals surface area contributed by atoms with Gasteiger partial charge in [0.15, 0.2) is 15.5 Å². The summed E-state index contributed by atoms with van der Waals surface area (Å²) in [4.78, 5) is 71.5. The highest BCUT2D eigenvalue weighted by Crippen LogP contribution is 2.36. The van der Waals surface area contributed by atoms with Crippen molar-refractivity contribution in [3.05, 3.63) is 96.4 Å². The monoisotopic (exact) mass is 931 g/mol. The summed E-state index contributed by atoms with van der Waals surface area (Å²) in [5, 5.41) is 12.6. The minimum absolute atomic E-state index is 0.0201. The first-order chi connectivity index (χ1) is 30.9. The Bertz CT molecular complexity index is 2680. The summed E-state index contributed by atoms with van der Waals surface area (Å²) in [5.74, 6) is -4.00. The molecule has 3 aromatic carbocycles. The number of ether oxygens (including phenoxy) is 4. The van der Waals surface area contributed by atoms with Gasteiger partial charge in [-0.1, -0.05) is 52.0 Å². The molecule has 4 amide bonds. The summed E-state index contributed by atoms with van der Waals surface area (Å²) in [6.07, 6.45) is 0.696. The maximum absolute atomic E-state index is 14.0. The summed E-state index contributed by atoms with van der Waals surface area (Å²) in [5.41, 5.74) is 2.07. The van der Waals surface area contributed by atoms with E-state index in [0.29, 0.717) is 22.5 Å². The van der Waals surface area contributed by atoms with E-state index in [2.05, 4.69) is 26.0 Å². The Morgan fingerprint density at radius 3 is 2.03 bits per heavy atom. The average Bonchev–Trinajstić information content (AvgIpc) is 3.66. The molecule has 20 heteroatoms. The smallest absolute Gasteiger partial charge is 0.424 e. The standard InChI is InChI=1S/C46H54FN7O11S/c1-26(2)38(51-44(58)65-46(6,7)8)41(56)50-39(27(3)4)42(57)63-25-64-45(59)54(35-21-20-34(66(10,60)61)23-36(35)62-9)43-49-37-22-15-31(24-53(37)52-43)30-13-18-33(19-14-30)48-40(55)28(5)29-11-16-32(47)17-12-29/h11-24,26-28,38-39H,25H2,1-10H3,(H,48,55)(H,50,56)(H,51,58)/t28-,38+,39+/m1/s1. The number of esters is 1. The Labute approximate surface area is 382 Å². The number of hydrogen-bond donors (Lipinski definition) is 3. The number of aromatic nitrogens is 3. The number of anilines is 3. The lowest BCUT2D eigenvalue weighted by molar-refractivity contribution is -0.157. The molecule has 0 saturated heterocycles. The second-order valence-electron chi connectivity index (χ2n) is 17.0. The van der Waals surface area contributed by atoms with Gasteiger partial charge < -0.3 is 34.9 Å². The third-order valence-electron chi connectivity index (χ3n) is 9.99. The van der Waals surface area contributed by atoms with E-state index in [1.165, 1.54) is 42.0 Å². The fourth-order valence-corrected chi connectivity index (χ4v) is 7.04. The van der Waals surface area contributed by atoms with E-state index in [4.69, 9.17) is 18.9 Å². The van der Waals surface area contributed by atoms with Crippen LogP contribution in [0.15, 0.2) is 90.0 Å². The van der Waals surface area contributed by atoms with Crippen molar-refractivity contribution in [3.63, 3.8) is 0 Å². The molecule has 3 N–H and O–H groups in total. The molecule has 0 fully saturated rings. The van der Waals surface area contributed by atoms with Crippen LogP contribution in [0, 0.1) is 17.7 Å². The van der Waals surface area contributed by atoms with Crippen LogP contribution >= 0.6 is 0 Å². The number of nitrogens with zero attached hydrogens (tertiary/aromatic N) is 4. The van der Waals surface area contributed by atoms with Gasteiger partial charge in [-0.05, 0) is 99.2 Å². The molecule has 66 heavy (non-hydrogen) atoms. The fourth-order valence-electron chi connectivity index (χ4n) is 6.40. The van der Waals surface area contributed by atoms with E-state index in [1.807, 2.05) is 0 Å². The number of methoxy groups -OCH3 is 1. The van der Waals surface area contributed by atoms with Crippen LogP contribution in [0.1, 0.15) is 66.9 Å². The van der Waals surface area contributed by atoms with E-state index < -0.39 is 81.9 Å². The molecule has 18 nitrogen and oxygen atoms in total. The number of halogens is 1. The molecule has 0 saturated carbocycles. The number of hydrogen-bond acceptors (Lipinski definition) is 13. The highest BCUT2D eigenvalue weighted by molar-refractivity contribution is 7.90. The Morgan fingerprint density at radius 1 is 0.803 bits per heavy atom. The molecule has 2 aromatic heterocycles. The lowest BCUT2D eigenvalue weighted by Crippen LogP contribution is -2.55. The zero-order valence-electron chi connectivity index (χ0n) is 38.2. The highest BCUT2D eigenvalue weighted by atomic mass is 32.2. The topological polar surface area (TPSA) is 226 Å². The van der Waals surface area contributed by atoms with E-state index in [1.54, 1.807) is 110 Å². The summed E-state index contributed by atoms with van der Waals surface area (Å²) in [6.45, 7) is 12.6. The van der Waals surface area contributed by atoms with E-state index >= 15 is 0 Å². The molecule has 352 valence electrons. The first kappa shape index (κ1) is 49.9. The molecular weight excluding hydrogens is 878 g/mol. The summed E-state index contributed by atoms with van der Waals surface area (Å²) >= 11 is 0. The number of sulfone groups is 1. The van der Waals surface area contributed by atoms with Crippen molar-refractivity contribution >= 4 is 62.8 Å². The van der Waals surface area contributed by atoms with Gasteiger partial charge >= 0.3 is 18.2 Å². The van der Waals surface area contributed by atoms with Crippen LogP contribution in [-0.4, -0.2) is 90.8 Å². The van der Waals surface area contributed by atoms with Crippen molar-refractivity contribution in [2.24, 2.45) is 11.8 Å². The van der Waals surface area contributed by atoms with Gasteiger partial charge in [0.2, 0.25) is 18.6 Å². The molecule has 5 aromatic rings. The summed E-state index contributed by atoms with van der Waals surface area (Å²) in [7, 11) is -2.43. The normalized spacial score (nSPS) is 13.0. The molecule has 0 bridgehead atoms. The molecular formula is C46H54FN7O11S. The average molecular weight is 932 g/mol. The molecule has 0 spiro atoms. The van der Waals surface area contributed by atoms with Gasteiger partial charge in [-0.25, -0.2) is 36.6 Å². The number of fused-ring (bicyclic) bond motifs is 1. The van der Waals surface area contributed by atoms with Gasteiger partial charge in [-0.15, -0.1) is 5.10 Å². The predicted molar refractivity (Wildman–Crippen MR) is 242 cm³/mol. The molecule has 3 atom stereocenters. The van der Waals surface area contributed by atoms with Gasteiger partial charge in [-0.2, -0.15) is 4.98 Å². The fraction of sp³-hybridized carbons (Fsp3) is 0.370. The first-order valence-corrected chi connectivity index (χ1v) is 22.7. The van der Waals surface area contributed by atoms with Crippen molar-refractivity contribution in [2.75, 3.05) is 30.4 Å². The van der Waals surface area contributed by atoms with Gasteiger partial charge in [0.25, 0.3) is 5.95 Å². The van der Waals surface area contributed by atoms with Crippen LogP contribution < -0.4 is 25.6 Å². The quantitative estimate of drug-likeness (QED) is 0.0661. The second-order valence-corrected chi connectivity index (χ2v) is 19.0. The number of carbonyl (C=O) groups excluding carboxylic acids is 5. The van der Waals surface area contributed by atoms with Crippen molar-refractivity contribution in [1.29, 1.82) is 0 Å². The lowest BCUT2D eigenvalue weighted by atomic mass is 10.00. The van der Waals surface area contributed by atoms with Crippen molar-refractivity contribution in [1.82, 2.24) is 25.2 Å². The van der Waals surface area contributed by atoms with Crippen LogP contribution in [0.25, 0.3) is 16.8 Å². The predicted octanol–water partition coefficient (Wildman–Crippen LogP) is 7.16. The second kappa shape index (κ2) is 20.8. The minimum Gasteiger partial charge on any atom is -0.495 e. The number of rotatable bonds is 16. The Balaban J connectivity index is 1.36. The van der Waals surface area contributed by atoms with Crippen molar-refractivity contribution in [2.45, 2.75) is 83.9 Å². The zero-order valence-corrected chi connectivity index (χ0v) is 39.1.